The Balaban J connectivity index is 1.41. The summed E-state index contributed by atoms with van der Waals surface area (Å²) in [6.45, 7) is 8.51. The number of nitrogens with one attached hydrogen (secondary N) is 1. The number of para-hydroxylation sites is 1. The highest BCUT2D eigenvalue weighted by molar-refractivity contribution is 7.80. The van der Waals surface area contributed by atoms with Gasteiger partial charge in [0, 0.05) is 29.0 Å². The number of benzene rings is 3. The van der Waals surface area contributed by atoms with Crippen LogP contribution in [-0.4, -0.2) is 14.7 Å². The normalized spacial score (nSPS) is 16.7. The predicted octanol–water partition coefficient (Wildman–Crippen LogP) is 8.08. The van der Waals surface area contributed by atoms with Gasteiger partial charge in [-0.3, -0.25) is 4.98 Å². The first kappa shape index (κ1) is 25.8. The SMILES string of the molecule is Cc1ccc(-n2c(C)cc(C3C(c4ccccn4)NC(=S)N3c3ccc(Oc4ccccc4C)cc3)c2C)cc1. The minimum Gasteiger partial charge on any atom is -0.457 e. The monoisotopic (exact) mass is 544 g/mol. The molecule has 5 aromatic rings. The molecule has 0 radical (unpaired) electrons. The van der Waals surface area contributed by atoms with Gasteiger partial charge in [-0.25, -0.2) is 0 Å². The molecule has 2 aromatic heterocycles. The summed E-state index contributed by atoms with van der Waals surface area (Å²) in [5.74, 6) is 1.64. The number of ether oxygens (including phenoxy) is 1. The smallest absolute Gasteiger partial charge is 0.174 e. The Hall–Kier alpha value is -4.42. The van der Waals surface area contributed by atoms with Gasteiger partial charge in [0.15, 0.2) is 5.11 Å². The Labute approximate surface area is 241 Å². The molecule has 200 valence electrons. The van der Waals surface area contributed by atoms with Crippen LogP contribution in [-0.2, 0) is 0 Å². The Kier molecular flexibility index (Phi) is 6.86. The molecule has 0 saturated carbocycles. The van der Waals surface area contributed by atoms with Crippen molar-refractivity contribution in [1.29, 1.82) is 0 Å². The van der Waals surface area contributed by atoms with Gasteiger partial charge in [0.1, 0.15) is 11.5 Å². The third-order valence-electron chi connectivity index (χ3n) is 7.62. The van der Waals surface area contributed by atoms with Gasteiger partial charge in [-0.15, -0.1) is 0 Å². The van der Waals surface area contributed by atoms with Crippen LogP contribution in [0.3, 0.4) is 0 Å². The van der Waals surface area contributed by atoms with Crippen LogP contribution in [0.2, 0.25) is 0 Å². The summed E-state index contributed by atoms with van der Waals surface area (Å²) in [5.41, 5.74) is 9.02. The van der Waals surface area contributed by atoms with Crippen molar-refractivity contribution < 1.29 is 4.74 Å². The molecule has 40 heavy (non-hydrogen) atoms. The number of hydrogen-bond donors (Lipinski definition) is 1. The van der Waals surface area contributed by atoms with Gasteiger partial charge in [-0.2, -0.15) is 0 Å². The Morgan fingerprint density at radius 2 is 1.50 bits per heavy atom. The summed E-state index contributed by atoms with van der Waals surface area (Å²) in [5, 5.41) is 4.26. The summed E-state index contributed by atoms with van der Waals surface area (Å²) in [6.07, 6.45) is 1.84. The Bertz CT molecular complexity index is 1660. The summed E-state index contributed by atoms with van der Waals surface area (Å²) in [4.78, 5) is 6.94. The molecule has 1 saturated heterocycles. The first-order chi connectivity index (χ1) is 19.4. The number of anilines is 1. The molecule has 0 amide bonds. The lowest BCUT2D eigenvalue weighted by Crippen LogP contribution is -2.29. The minimum absolute atomic E-state index is 0.0871. The van der Waals surface area contributed by atoms with Gasteiger partial charge >= 0.3 is 0 Å². The number of rotatable bonds is 6. The van der Waals surface area contributed by atoms with Gasteiger partial charge < -0.3 is 19.5 Å². The summed E-state index contributed by atoms with van der Waals surface area (Å²) in [7, 11) is 0. The minimum atomic E-state index is -0.108. The van der Waals surface area contributed by atoms with Crippen molar-refractivity contribution in [2.45, 2.75) is 39.8 Å². The van der Waals surface area contributed by atoms with Crippen LogP contribution in [0.15, 0.2) is 103 Å². The van der Waals surface area contributed by atoms with Crippen LogP contribution in [0, 0.1) is 27.7 Å². The standard InChI is InChI=1S/C34H32N4OS/c1-22-12-14-26(15-13-22)37-24(3)21-29(25(37)4)33-32(30-10-7-8-20-35-30)36-34(40)38(33)27-16-18-28(19-17-27)39-31-11-6-5-9-23(31)2/h5-21,32-33H,1-4H3,(H,36,40). The van der Waals surface area contributed by atoms with E-state index < -0.39 is 0 Å². The lowest BCUT2D eigenvalue weighted by Gasteiger charge is -2.28. The van der Waals surface area contributed by atoms with Crippen LogP contribution in [0.4, 0.5) is 5.69 Å². The number of nitrogens with zero attached hydrogens (tertiary/aromatic N) is 3. The van der Waals surface area contributed by atoms with E-state index in [1.54, 1.807) is 0 Å². The lowest BCUT2D eigenvalue weighted by atomic mass is 9.96. The maximum Gasteiger partial charge on any atom is 0.174 e. The second-order valence-corrected chi connectivity index (χ2v) is 10.7. The molecule has 1 aliphatic heterocycles. The molecule has 1 aliphatic rings. The highest BCUT2D eigenvalue weighted by atomic mass is 32.1. The molecular weight excluding hydrogens is 512 g/mol. The van der Waals surface area contributed by atoms with Gasteiger partial charge in [0.05, 0.1) is 17.8 Å². The maximum absolute atomic E-state index is 6.17. The molecule has 0 aliphatic carbocycles. The van der Waals surface area contributed by atoms with Crippen molar-refractivity contribution in [3.8, 4) is 17.2 Å². The molecule has 1 fully saturated rings. The van der Waals surface area contributed by atoms with Crippen molar-refractivity contribution in [2.24, 2.45) is 0 Å². The van der Waals surface area contributed by atoms with Crippen LogP contribution in [0.5, 0.6) is 11.5 Å². The topological polar surface area (TPSA) is 42.3 Å². The number of pyridine rings is 1. The lowest BCUT2D eigenvalue weighted by molar-refractivity contribution is 0.479. The van der Waals surface area contributed by atoms with E-state index in [2.05, 4.69) is 84.1 Å². The molecule has 2 atom stereocenters. The first-order valence-corrected chi connectivity index (χ1v) is 13.9. The van der Waals surface area contributed by atoms with Gasteiger partial charge in [0.25, 0.3) is 0 Å². The van der Waals surface area contributed by atoms with Gasteiger partial charge in [-0.1, -0.05) is 42.0 Å². The molecule has 3 aromatic carbocycles. The van der Waals surface area contributed by atoms with Crippen LogP contribution < -0.4 is 15.0 Å². The zero-order valence-electron chi connectivity index (χ0n) is 23.1. The van der Waals surface area contributed by atoms with E-state index in [1.165, 1.54) is 22.5 Å². The third-order valence-corrected chi connectivity index (χ3v) is 7.93. The van der Waals surface area contributed by atoms with Crippen molar-refractivity contribution in [3.63, 3.8) is 0 Å². The molecular formula is C34H32N4OS. The molecule has 0 bridgehead atoms. The van der Waals surface area contributed by atoms with Gasteiger partial charge in [-0.05, 0) is 112 Å². The fraction of sp³-hybridized carbons (Fsp3) is 0.176. The quantitative estimate of drug-likeness (QED) is 0.219. The zero-order valence-corrected chi connectivity index (χ0v) is 23.9. The molecule has 6 rings (SSSR count). The van der Waals surface area contributed by atoms with Crippen LogP contribution >= 0.6 is 12.2 Å². The fourth-order valence-electron chi connectivity index (χ4n) is 5.60. The van der Waals surface area contributed by atoms with E-state index in [0.717, 1.165) is 34.1 Å². The third kappa shape index (κ3) is 4.75. The summed E-state index contributed by atoms with van der Waals surface area (Å²) in [6, 6.07) is 33.0. The average Bonchev–Trinajstić information content (AvgIpc) is 3.46. The molecule has 6 heteroatoms. The number of thiocarbonyl (C=S) groups is 1. The second kappa shape index (κ2) is 10.6. The molecule has 2 unspecified atom stereocenters. The number of hydrogen-bond acceptors (Lipinski definition) is 3. The highest BCUT2D eigenvalue weighted by Gasteiger charge is 2.42. The largest absolute Gasteiger partial charge is 0.457 e. The summed E-state index contributed by atoms with van der Waals surface area (Å²) < 4.78 is 8.49. The van der Waals surface area contributed by atoms with E-state index in [9.17, 15) is 0 Å². The number of aryl methyl sites for hydroxylation is 3. The van der Waals surface area contributed by atoms with Crippen molar-refractivity contribution in [1.82, 2.24) is 14.9 Å². The van der Waals surface area contributed by atoms with Crippen molar-refractivity contribution in [2.75, 3.05) is 4.90 Å². The molecule has 5 nitrogen and oxygen atoms in total. The fourth-order valence-corrected chi connectivity index (χ4v) is 5.95. The summed E-state index contributed by atoms with van der Waals surface area (Å²) >= 11 is 5.97. The average molecular weight is 545 g/mol. The maximum atomic E-state index is 6.17. The van der Waals surface area contributed by atoms with E-state index in [-0.39, 0.29) is 12.1 Å². The van der Waals surface area contributed by atoms with Crippen molar-refractivity contribution >= 4 is 23.0 Å². The van der Waals surface area contributed by atoms with Crippen molar-refractivity contribution in [3.05, 3.63) is 137 Å². The van der Waals surface area contributed by atoms with Crippen LogP contribution in [0.25, 0.3) is 5.69 Å². The molecule has 3 heterocycles. The van der Waals surface area contributed by atoms with Crippen LogP contribution in [0.1, 0.15) is 45.9 Å². The zero-order chi connectivity index (χ0) is 27.8. The second-order valence-electron chi connectivity index (χ2n) is 10.4. The van der Waals surface area contributed by atoms with E-state index in [4.69, 9.17) is 21.9 Å². The first-order valence-electron chi connectivity index (χ1n) is 13.5. The predicted molar refractivity (Wildman–Crippen MR) is 166 cm³/mol. The molecule has 0 spiro atoms. The number of aromatic nitrogens is 2. The Morgan fingerprint density at radius 1 is 0.800 bits per heavy atom. The van der Waals surface area contributed by atoms with Gasteiger partial charge in [0.2, 0.25) is 0 Å². The van der Waals surface area contributed by atoms with E-state index in [1.807, 2.05) is 61.7 Å². The highest BCUT2D eigenvalue weighted by Crippen LogP contribution is 2.44. The molecule has 1 N–H and O–H groups in total. The van der Waals surface area contributed by atoms with E-state index in [0.29, 0.717) is 5.11 Å². The Morgan fingerprint density at radius 3 is 2.20 bits per heavy atom. The van der Waals surface area contributed by atoms with E-state index >= 15 is 0 Å².